The van der Waals surface area contributed by atoms with E-state index in [9.17, 15) is 4.79 Å². The predicted molar refractivity (Wildman–Crippen MR) is 80.1 cm³/mol. The summed E-state index contributed by atoms with van der Waals surface area (Å²) in [7, 11) is 1.84. The number of fused-ring (bicyclic) bond motifs is 1. The van der Waals surface area contributed by atoms with Gasteiger partial charge in [-0.15, -0.1) is 0 Å². The van der Waals surface area contributed by atoms with Crippen molar-refractivity contribution >= 4 is 34.2 Å². The zero-order chi connectivity index (χ0) is 14.1. The second-order valence-electron chi connectivity index (χ2n) is 4.46. The molecule has 1 aromatic carbocycles. The maximum absolute atomic E-state index is 12.3. The minimum absolute atomic E-state index is 0.196. The number of nitrogens with zero attached hydrogens (tertiary/aromatic N) is 2. The number of rotatable bonds is 2. The maximum Gasteiger partial charge on any atom is 0.273 e. The number of amides is 1. The number of aromatic nitrogens is 2. The lowest BCUT2D eigenvalue weighted by atomic mass is 10.2. The fraction of sp³-hybridized carbons (Fsp3) is 0.0667. The molecule has 0 aliphatic heterocycles. The lowest BCUT2D eigenvalue weighted by Crippen LogP contribution is -2.16. The zero-order valence-corrected chi connectivity index (χ0v) is 11.6. The molecule has 0 bridgehead atoms. The van der Waals surface area contributed by atoms with E-state index in [1.807, 2.05) is 41.9 Å². The first-order chi connectivity index (χ1) is 9.65. The van der Waals surface area contributed by atoms with Crippen molar-refractivity contribution in [1.29, 1.82) is 0 Å². The molecule has 2 aromatic heterocycles. The molecule has 0 unspecified atom stereocenters. The van der Waals surface area contributed by atoms with Crippen molar-refractivity contribution in [3.63, 3.8) is 0 Å². The van der Waals surface area contributed by atoms with E-state index in [1.54, 1.807) is 18.3 Å². The van der Waals surface area contributed by atoms with E-state index in [4.69, 9.17) is 11.6 Å². The van der Waals surface area contributed by atoms with E-state index in [0.29, 0.717) is 16.5 Å². The van der Waals surface area contributed by atoms with Crippen LogP contribution < -0.4 is 5.32 Å². The highest BCUT2D eigenvalue weighted by Crippen LogP contribution is 2.23. The first-order valence-corrected chi connectivity index (χ1v) is 6.50. The Morgan fingerprint density at radius 1 is 1.25 bits per heavy atom. The van der Waals surface area contributed by atoms with Crippen LogP contribution in [-0.2, 0) is 7.05 Å². The van der Waals surface area contributed by atoms with Crippen LogP contribution in [0.15, 0.2) is 48.7 Å². The largest absolute Gasteiger partial charge is 0.340 e. The van der Waals surface area contributed by atoms with Crippen LogP contribution in [0.2, 0.25) is 5.02 Å². The Hall–Kier alpha value is -2.33. The molecule has 4 nitrogen and oxygen atoms in total. The fourth-order valence-corrected chi connectivity index (χ4v) is 2.30. The summed E-state index contributed by atoms with van der Waals surface area (Å²) in [4.78, 5) is 16.4. The number of benzene rings is 1. The van der Waals surface area contributed by atoms with Gasteiger partial charge in [0.25, 0.3) is 5.91 Å². The molecular weight excluding hydrogens is 274 g/mol. The van der Waals surface area contributed by atoms with E-state index >= 15 is 0 Å². The van der Waals surface area contributed by atoms with E-state index < -0.39 is 0 Å². The SMILES string of the molecule is Cn1c(C(=O)Nc2ccccn2)cc2ccc(Cl)cc21. The van der Waals surface area contributed by atoms with Crippen LogP contribution in [0.25, 0.3) is 10.9 Å². The standard InChI is InChI=1S/C15H12ClN3O/c1-19-12-9-11(16)6-5-10(12)8-13(19)15(20)18-14-4-2-3-7-17-14/h2-9H,1H3,(H,17,18,20). The molecule has 3 rings (SSSR count). The van der Waals surface area contributed by atoms with Gasteiger partial charge in [0.05, 0.1) is 0 Å². The summed E-state index contributed by atoms with van der Waals surface area (Å²) in [5, 5.41) is 4.39. The number of pyridine rings is 1. The first kappa shape index (κ1) is 12.7. The zero-order valence-electron chi connectivity index (χ0n) is 10.8. The van der Waals surface area contributed by atoms with Crippen LogP contribution in [0.1, 0.15) is 10.5 Å². The molecular formula is C15H12ClN3O. The van der Waals surface area contributed by atoms with Crippen molar-refractivity contribution in [3.05, 3.63) is 59.4 Å². The summed E-state index contributed by atoms with van der Waals surface area (Å²) in [6.07, 6.45) is 1.64. The van der Waals surface area contributed by atoms with Crippen LogP contribution in [0.3, 0.4) is 0 Å². The van der Waals surface area contributed by atoms with Crippen molar-refractivity contribution in [1.82, 2.24) is 9.55 Å². The minimum atomic E-state index is -0.196. The number of nitrogens with one attached hydrogen (secondary N) is 1. The summed E-state index contributed by atoms with van der Waals surface area (Å²) in [5.74, 6) is 0.333. The quantitative estimate of drug-likeness (QED) is 0.783. The lowest BCUT2D eigenvalue weighted by Gasteiger charge is -2.05. The summed E-state index contributed by atoms with van der Waals surface area (Å²) >= 11 is 5.99. The van der Waals surface area contributed by atoms with E-state index in [1.165, 1.54) is 0 Å². The second-order valence-corrected chi connectivity index (χ2v) is 4.90. The van der Waals surface area contributed by atoms with Gasteiger partial charge in [-0.3, -0.25) is 4.79 Å². The highest BCUT2D eigenvalue weighted by molar-refractivity contribution is 6.31. The van der Waals surface area contributed by atoms with E-state index in [2.05, 4.69) is 10.3 Å². The van der Waals surface area contributed by atoms with Gasteiger partial charge in [0.2, 0.25) is 0 Å². The Morgan fingerprint density at radius 3 is 2.85 bits per heavy atom. The third-order valence-electron chi connectivity index (χ3n) is 3.15. The number of carbonyl (C=O) groups is 1. The van der Waals surface area contributed by atoms with Crippen molar-refractivity contribution in [3.8, 4) is 0 Å². The molecule has 5 heteroatoms. The number of halogens is 1. The molecule has 20 heavy (non-hydrogen) atoms. The fourth-order valence-electron chi connectivity index (χ4n) is 2.14. The molecule has 1 N–H and O–H groups in total. The number of hydrogen-bond donors (Lipinski definition) is 1. The Bertz CT molecular complexity index is 780. The van der Waals surface area contributed by atoms with Gasteiger partial charge in [0.1, 0.15) is 11.5 Å². The normalized spacial score (nSPS) is 10.7. The minimum Gasteiger partial charge on any atom is -0.340 e. The molecule has 0 saturated carbocycles. The van der Waals surface area contributed by atoms with Crippen LogP contribution in [0.5, 0.6) is 0 Å². The number of hydrogen-bond acceptors (Lipinski definition) is 2. The Labute approximate surface area is 121 Å². The molecule has 2 heterocycles. The third kappa shape index (κ3) is 2.26. The van der Waals surface area contributed by atoms with Gasteiger partial charge < -0.3 is 9.88 Å². The van der Waals surface area contributed by atoms with E-state index in [0.717, 1.165) is 10.9 Å². The number of anilines is 1. The molecule has 0 spiro atoms. The van der Waals surface area contributed by atoms with Crippen molar-refractivity contribution in [2.75, 3.05) is 5.32 Å². The average molecular weight is 286 g/mol. The molecule has 3 aromatic rings. The topological polar surface area (TPSA) is 46.9 Å². The molecule has 0 saturated heterocycles. The summed E-state index contributed by atoms with van der Waals surface area (Å²) in [6, 6.07) is 12.8. The molecule has 0 fully saturated rings. The molecule has 1 amide bonds. The highest BCUT2D eigenvalue weighted by Gasteiger charge is 2.14. The monoisotopic (exact) mass is 285 g/mol. The molecule has 100 valence electrons. The van der Waals surface area contributed by atoms with E-state index in [-0.39, 0.29) is 5.91 Å². The lowest BCUT2D eigenvalue weighted by molar-refractivity contribution is 0.101. The number of aryl methyl sites for hydroxylation is 1. The summed E-state index contributed by atoms with van der Waals surface area (Å²) in [6.45, 7) is 0. The Morgan fingerprint density at radius 2 is 2.10 bits per heavy atom. The summed E-state index contributed by atoms with van der Waals surface area (Å²) in [5.41, 5.74) is 1.48. The van der Waals surface area contributed by atoms with Gasteiger partial charge in [-0.2, -0.15) is 0 Å². The second kappa shape index (κ2) is 4.98. The van der Waals surface area contributed by atoms with Crippen molar-refractivity contribution in [2.45, 2.75) is 0 Å². The number of carbonyl (C=O) groups excluding carboxylic acids is 1. The van der Waals surface area contributed by atoms with Crippen LogP contribution >= 0.6 is 11.6 Å². The van der Waals surface area contributed by atoms with Gasteiger partial charge in [-0.25, -0.2) is 4.98 Å². The Balaban J connectivity index is 1.98. The summed E-state index contributed by atoms with van der Waals surface area (Å²) < 4.78 is 1.82. The van der Waals surface area contributed by atoms with Crippen LogP contribution in [0.4, 0.5) is 5.82 Å². The third-order valence-corrected chi connectivity index (χ3v) is 3.38. The predicted octanol–water partition coefficient (Wildman–Crippen LogP) is 3.48. The maximum atomic E-state index is 12.3. The highest BCUT2D eigenvalue weighted by atomic mass is 35.5. The molecule has 0 aliphatic rings. The smallest absolute Gasteiger partial charge is 0.273 e. The van der Waals surface area contributed by atoms with Crippen LogP contribution in [0, 0.1) is 0 Å². The van der Waals surface area contributed by atoms with Gasteiger partial charge in [0.15, 0.2) is 0 Å². The Kier molecular flexibility index (Phi) is 3.16. The average Bonchev–Trinajstić information content (AvgIpc) is 2.77. The van der Waals surface area contributed by atoms with Gasteiger partial charge in [0, 0.05) is 29.2 Å². The molecule has 0 radical (unpaired) electrons. The molecule has 0 atom stereocenters. The van der Waals surface area contributed by atoms with Gasteiger partial charge in [-0.1, -0.05) is 23.7 Å². The van der Waals surface area contributed by atoms with Gasteiger partial charge >= 0.3 is 0 Å². The van der Waals surface area contributed by atoms with Crippen molar-refractivity contribution in [2.24, 2.45) is 7.05 Å². The molecule has 0 aliphatic carbocycles. The first-order valence-electron chi connectivity index (χ1n) is 6.12. The van der Waals surface area contributed by atoms with Crippen molar-refractivity contribution < 1.29 is 4.79 Å². The van der Waals surface area contributed by atoms with Gasteiger partial charge in [-0.05, 0) is 30.3 Å². The van der Waals surface area contributed by atoms with Crippen LogP contribution in [-0.4, -0.2) is 15.5 Å².